The topological polar surface area (TPSA) is 42.1 Å². The van der Waals surface area contributed by atoms with Crippen LogP contribution in [0.1, 0.15) is 31.3 Å². The fourth-order valence-electron chi connectivity index (χ4n) is 1.57. The molecule has 0 saturated carbocycles. The van der Waals surface area contributed by atoms with Crippen molar-refractivity contribution in [2.24, 2.45) is 0 Å². The molecule has 0 atom stereocenters. The van der Waals surface area contributed by atoms with Crippen molar-refractivity contribution < 1.29 is 13.9 Å². The second-order valence-corrected chi connectivity index (χ2v) is 6.20. The number of rotatable bonds is 1. The van der Waals surface area contributed by atoms with Gasteiger partial charge in [0.05, 0.1) is 3.57 Å². The molecule has 1 aromatic carbocycles. The van der Waals surface area contributed by atoms with Gasteiger partial charge in [-0.3, -0.25) is 0 Å². The van der Waals surface area contributed by atoms with Crippen LogP contribution in [0.25, 0.3) is 10.9 Å². The van der Waals surface area contributed by atoms with E-state index in [1.54, 1.807) is 32.9 Å². The van der Waals surface area contributed by atoms with E-state index in [-0.39, 0.29) is 5.82 Å². The van der Waals surface area contributed by atoms with Crippen LogP contribution in [0, 0.1) is 9.39 Å². The summed E-state index contributed by atoms with van der Waals surface area (Å²) >= 11 is 1.91. The lowest BCUT2D eigenvalue weighted by molar-refractivity contribution is 0.00639. The van der Waals surface area contributed by atoms with E-state index >= 15 is 0 Å². The molecule has 96 valence electrons. The summed E-state index contributed by atoms with van der Waals surface area (Å²) < 4.78 is 19.2. The molecule has 0 amide bonds. The molecule has 1 heterocycles. The summed E-state index contributed by atoms with van der Waals surface area (Å²) in [7, 11) is 0. The highest BCUT2D eigenvalue weighted by molar-refractivity contribution is 14.1. The molecule has 0 fully saturated rings. The average Bonchev–Trinajstić information content (AvgIpc) is 2.59. The van der Waals surface area contributed by atoms with Gasteiger partial charge in [-0.2, -0.15) is 0 Å². The first-order valence-electron chi connectivity index (χ1n) is 5.47. The molecule has 2 rings (SSSR count). The number of aromatic amines is 1. The Kier molecular flexibility index (Phi) is 3.35. The highest BCUT2D eigenvalue weighted by Gasteiger charge is 2.19. The number of halogens is 2. The van der Waals surface area contributed by atoms with Crippen LogP contribution in [0.15, 0.2) is 18.2 Å². The zero-order chi connectivity index (χ0) is 13.5. The number of aromatic nitrogens is 1. The van der Waals surface area contributed by atoms with Crippen molar-refractivity contribution in [1.82, 2.24) is 4.98 Å². The van der Waals surface area contributed by atoms with E-state index in [2.05, 4.69) is 4.98 Å². The molecule has 1 N–H and O–H groups in total. The fraction of sp³-hybridized carbons (Fsp3) is 0.308. The van der Waals surface area contributed by atoms with Crippen LogP contribution in [0.3, 0.4) is 0 Å². The summed E-state index contributed by atoms with van der Waals surface area (Å²) in [6.07, 6.45) is 0. The van der Waals surface area contributed by atoms with Gasteiger partial charge >= 0.3 is 5.97 Å². The maximum Gasteiger partial charge on any atom is 0.355 e. The third-order valence-electron chi connectivity index (χ3n) is 2.28. The lowest BCUT2D eigenvalue weighted by Gasteiger charge is -2.18. The number of carbonyl (C=O) groups excluding carboxylic acids is 1. The number of carbonyl (C=O) groups is 1. The lowest BCUT2D eigenvalue weighted by Crippen LogP contribution is -2.24. The molecular formula is C13H13FINO2. The second-order valence-electron chi connectivity index (χ2n) is 5.04. The van der Waals surface area contributed by atoms with E-state index in [0.29, 0.717) is 14.7 Å². The Balaban J connectivity index is 2.39. The maximum absolute atomic E-state index is 13.4. The Labute approximate surface area is 118 Å². The molecule has 0 aliphatic rings. The van der Waals surface area contributed by atoms with Gasteiger partial charge in [-0.25, -0.2) is 9.18 Å². The highest BCUT2D eigenvalue weighted by Crippen LogP contribution is 2.22. The minimum absolute atomic E-state index is 0.294. The first-order chi connectivity index (χ1) is 8.26. The predicted octanol–water partition coefficient (Wildman–Crippen LogP) is 3.87. The van der Waals surface area contributed by atoms with Gasteiger partial charge in [-0.1, -0.05) is 0 Å². The smallest absolute Gasteiger partial charge is 0.355 e. The van der Waals surface area contributed by atoms with Crippen molar-refractivity contribution in [3.63, 3.8) is 0 Å². The molecule has 3 nitrogen and oxygen atoms in total. The predicted molar refractivity (Wildman–Crippen MR) is 76.1 cm³/mol. The number of ether oxygens (including phenoxy) is 1. The highest BCUT2D eigenvalue weighted by atomic mass is 127. The van der Waals surface area contributed by atoms with Gasteiger partial charge < -0.3 is 9.72 Å². The lowest BCUT2D eigenvalue weighted by atomic mass is 10.2. The molecule has 0 aliphatic carbocycles. The normalized spacial score (nSPS) is 11.8. The number of nitrogens with one attached hydrogen (secondary N) is 1. The van der Waals surface area contributed by atoms with E-state index in [9.17, 15) is 9.18 Å². The van der Waals surface area contributed by atoms with E-state index < -0.39 is 11.6 Å². The number of hydrogen-bond acceptors (Lipinski definition) is 2. The Morgan fingerprint density at radius 2 is 2.00 bits per heavy atom. The fourth-order valence-corrected chi connectivity index (χ4v) is 2.04. The van der Waals surface area contributed by atoms with Crippen LogP contribution in [0.4, 0.5) is 4.39 Å². The van der Waals surface area contributed by atoms with Crippen molar-refractivity contribution in [1.29, 1.82) is 0 Å². The largest absolute Gasteiger partial charge is 0.455 e. The van der Waals surface area contributed by atoms with Crippen molar-refractivity contribution in [3.8, 4) is 0 Å². The Bertz CT molecular complexity index is 574. The molecule has 18 heavy (non-hydrogen) atoms. The van der Waals surface area contributed by atoms with Gasteiger partial charge in [0.2, 0.25) is 0 Å². The summed E-state index contributed by atoms with van der Waals surface area (Å²) in [6.45, 7) is 5.41. The van der Waals surface area contributed by atoms with E-state index in [1.165, 1.54) is 6.07 Å². The van der Waals surface area contributed by atoms with Crippen LogP contribution in [-0.2, 0) is 4.74 Å². The van der Waals surface area contributed by atoms with E-state index in [4.69, 9.17) is 4.74 Å². The van der Waals surface area contributed by atoms with Gasteiger partial charge in [-0.05, 0) is 61.6 Å². The number of fused-ring (bicyclic) bond motifs is 1. The monoisotopic (exact) mass is 361 g/mol. The third-order valence-corrected chi connectivity index (χ3v) is 3.11. The summed E-state index contributed by atoms with van der Waals surface area (Å²) in [6, 6.07) is 4.67. The Morgan fingerprint density at radius 3 is 2.61 bits per heavy atom. The van der Waals surface area contributed by atoms with E-state index in [1.807, 2.05) is 22.6 Å². The summed E-state index contributed by atoms with van der Waals surface area (Å²) in [5, 5.41) is 0.661. The minimum atomic E-state index is -0.548. The summed E-state index contributed by atoms with van der Waals surface area (Å²) in [5.74, 6) is -0.730. The van der Waals surface area contributed by atoms with Crippen molar-refractivity contribution in [3.05, 3.63) is 33.3 Å². The van der Waals surface area contributed by atoms with Crippen molar-refractivity contribution in [2.45, 2.75) is 26.4 Å². The number of esters is 1. The summed E-state index contributed by atoms with van der Waals surface area (Å²) in [5.41, 5.74) is 0.511. The van der Waals surface area contributed by atoms with Crippen LogP contribution < -0.4 is 0 Å². The van der Waals surface area contributed by atoms with Crippen molar-refractivity contribution in [2.75, 3.05) is 0 Å². The van der Waals surface area contributed by atoms with E-state index in [0.717, 1.165) is 5.52 Å². The molecule has 0 aliphatic heterocycles. The quantitative estimate of drug-likeness (QED) is 0.619. The third kappa shape index (κ3) is 2.82. The zero-order valence-electron chi connectivity index (χ0n) is 10.3. The number of H-pyrrole nitrogens is 1. The van der Waals surface area contributed by atoms with Crippen LogP contribution in [0.2, 0.25) is 0 Å². The van der Waals surface area contributed by atoms with Gasteiger partial charge in [0, 0.05) is 10.9 Å². The van der Waals surface area contributed by atoms with Gasteiger partial charge in [0.15, 0.2) is 0 Å². The Morgan fingerprint density at radius 1 is 1.33 bits per heavy atom. The van der Waals surface area contributed by atoms with Crippen molar-refractivity contribution >= 4 is 39.5 Å². The van der Waals surface area contributed by atoms with Gasteiger partial charge in [0.1, 0.15) is 17.1 Å². The van der Waals surface area contributed by atoms with Gasteiger partial charge in [0.25, 0.3) is 0 Å². The SMILES string of the molecule is CC(C)(C)OC(=O)c1cc2cc(F)c(I)cc2[nH]1. The second kappa shape index (κ2) is 4.53. The first-order valence-corrected chi connectivity index (χ1v) is 6.55. The molecule has 0 radical (unpaired) electrons. The standard InChI is InChI=1S/C13H13FINO2/c1-13(2,3)18-12(17)11-5-7-4-8(14)9(15)6-10(7)16-11/h4-6,16H,1-3H3. The zero-order valence-corrected chi connectivity index (χ0v) is 12.5. The molecule has 0 saturated heterocycles. The molecule has 0 bridgehead atoms. The number of hydrogen-bond donors (Lipinski definition) is 1. The molecule has 0 unspecified atom stereocenters. The Hall–Kier alpha value is -1.11. The number of benzene rings is 1. The summed E-state index contributed by atoms with van der Waals surface area (Å²) in [4.78, 5) is 14.8. The first kappa shape index (κ1) is 13.3. The van der Waals surface area contributed by atoms with Gasteiger partial charge in [-0.15, -0.1) is 0 Å². The molecule has 5 heteroatoms. The molecule has 2 aromatic rings. The van der Waals surface area contributed by atoms with Crippen LogP contribution in [0.5, 0.6) is 0 Å². The average molecular weight is 361 g/mol. The molecule has 0 spiro atoms. The molecule has 1 aromatic heterocycles. The molecular weight excluding hydrogens is 348 g/mol. The van der Waals surface area contributed by atoms with Crippen LogP contribution in [-0.4, -0.2) is 16.6 Å². The van der Waals surface area contributed by atoms with Crippen LogP contribution >= 0.6 is 22.6 Å². The minimum Gasteiger partial charge on any atom is -0.455 e. The maximum atomic E-state index is 13.4.